The Morgan fingerprint density at radius 2 is 2.18 bits per heavy atom. The van der Waals surface area contributed by atoms with Gasteiger partial charge in [0.2, 0.25) is 0 Å². The summed E-state index contributed by atoms with van der Waals surface area (Å²) in [6, 6.07) is 1.49. The van der Waals surface area contributed by atoms with Crippen LogP contribution in [0.25, 0.3) is 0 Å². The standard InChI is InChI=1S/C8H16N2O/c9-11-6-8-2-1-5-10(8)7-3-4-7/h7-8H,1-6,9H2. The summed E-state index contributed by atoms with van der Waals surface area (Å²) in [5, 5.41) is 0. The summed E-state index contributed by atoms with van der Waals surface area (Å²) >= 11 is 0. The molecule has 1 unspecified atom stereocenters. The minimum Gasteiger partial charge on any atom is -0.303 e. The van der Waals surface area contributed by atoms with Gasteiger partial charge in [-0.05, 0) is 32.2 Å². The van der Waals surface area contributed by atoms with Crippen LogP contribution in [0.15, 0.2) is 0 Å². The van der Waals surface area contributed by atoms with E-state index in [9.17, 15) is 0 Å². The summed E-state index contributed by atoms with van der Waals surface area (Å²) in [6.07, 6.45) is 5.38. The SMILES string of the molecule is NOCC1CCCN1C1CC1. The first-order chi connectivity index (χ1) is 5.42. The fourth-order valence-electron chi connectivity index (χ4n) is 2.03. The number of hydrogen-bond acceptors (Lipinski definition) is 3. The van der Waals surface area contributed by atoms with Crippen LogP contribution in [-0.2, 0) is 4.84 Å². The molecule has 1 saturated carbocycles. The average molecular weight is 156 g/mol. The van der Waals surface area contributed by atoms with Crippen LogP contribution >= 0.6 is 0 Å². The van der Waals surface area contributed by atoms with Crippen molar-refractivity contribution >= 4 is 0 Å². The van der Waals surface area contributed by atoms with Crippen molar-refractivity contribution in [3.63, 3.8) is 0 Å². The molecule has 1 saturated heterocycles. The van der Waals surface area contributed by atoms with Gasteiger partial charge >= 0.3 is 0 Å². The molecule has 1 aliphatic heterocycles. The zero-order valence-electron chi connectivity index (χ0n) is 6.83. The topological polar surface area (TPSA) is 38.5 Å². The normalized spacial score (nSPS) is 33.0. The highest BCUT2D eigenvalue weighted by molar-refractivity contribution is 4.91. The Morgan fingerprint density at radius 1 is 1.36 bits per heavy atom. The lowest BCUT2D eigenvalue weighted by Crippen LogP contribution is -2.35. The zero-order valence-corrected chi connectivity index (χ0v) is 6.83. The summed E-state index contributed by atoms with van der Waals surface area (Å²) in [4.78, 5) is 7.25. The highest BCUT2D eigenvalue weighted by Crippen LogP contribution is 2.33. The molecule has 0 aromatic rings. The lowest BCUT2D eigenvalue weighted by molar-refractivity contribution is 0.0749. The average Bonchev–Trinajstić information content (AvgIpc) is 2.75. The first-order valence-corrected chi connectivity index (χ1v) is 4.49. The molecular weight excluding hydrogens is 140 g/mol. The van der Waals surface area contributed by atoms with Crippen molar-refractivity contribution in [3.05, 3.63) is 0 Å². The third-order valence-corrected chi connectivity index (χ3v) is 2.73. The van der Waals surface area contributed by atoms with E-state index in [2.05, 4.69) is 4.90 Å². The quantitative estimate of drug-likeness (QED) is 0.605. The fourth-order valence-corrected chi connectivity index (χ4v) is 2.03. The molecule has 2 fully saturated rings. The third kappa shape index (κ3) is 1.55. The highest BCUT2D eigenvalue weighted by Gasteiger charge is 2.36. The van der Waals surface area contributed by atoms with Crippen molar-refractivity contribution in [1.29, 1.82) is 0 Å². The van der Waals surface area contributed by atoms with Gasteiger partial charge < -0.3 is 4.84 Å². The van der Waals surface area contributed by atoms with Gasteiger partial charge in [0.25, 0.3) is 0 Å². The third-order valence-electron chi connectivity index (χ3n) is 2.73. The first-order valence-electron chi connectivity index (χ1n) is 4.49. The van der Waals surface area contributed by atoms with Crippen LogP contribution in [0.3, 0.4) is 0 Å². The van der Waals surface area contributed by atoms with E-state index in [-0.39, 0.29) is 0 Å². The number of nitrogens with zero attached hydrogens (tertiary/aromatic N) is 1. The van der Waals surface area contributed by atoms with Gasteiger partial charge in [-0.1, -0.05) is 0 Å². The second-order valence-corrected chi connectivity index (χ2v) is 3.60. The van der Waals surface area contributed by atoms with Gasteiger partial charge in [-0.15, -0.1) is 0 Å². The van der Waals surface area contributed by atoms with Crippen molar-refractivity contribution in [3.8, 4) is 0 Å². The molecule has 2 N–H and O–H groups in total. The van der Waals surface area contributed by atoms with Crippen LogP contribution < -0.4 is 5.90 Å². The molecule has 0 bridgehead atoms. The van der Waals surface area contributed by atoms with Gasteiger partial charge in [-0.2, -0.15) is 0 Å². The highest BCUT2D eigenvalue weighted by atomic mass is 16.6. The molecule has 2 aliphatic rings. The Morgan fingerprint density at radius 3 is 2.82 bits per heavy atom. The van der Waals surface area contributed by atoms with E-state index < -0.39 is 0 Å². The van der Waals surface area contributed by atoms with Crippen LogP contribution in [0.5, 0.6) is 0 Å². The number of nitrogens with two attached hydrogens (primary N) is 1. The monoisotopic (exact) mass is 156 g/mol. The van der Waals surface area contributed by atoms with Gasteiger partial charge in [0.15, 0.2) is 0 Å². The summed E-state index contributed by atoms with van der Waals surface area (Å²) in [5.41, 5.74) is 0. The van der Waals surface area contributed by atoms with Crippen molar-refractivity contribution in [2.45, 2.75) is 37.8 Å². The lowest BCUT2D eigenvalue weighted by Gasteiger charge is -2.22. The van der Waals surface area contributed by atoms with Crippen LogP contribution in [0, 0.1) is 0 Å². The second kappa shape index (κ2) is 3.09. The molecule has 1 heterocycles. The number of likely N-dealkylation sites (tertiary alicyclic amines) is 1. The molecular formula is C8H16N2O. The molecule has 11 heavy (non-hydrogen) atoms. The Kier molecular flexibility index (Phi) is 2.11. The van der Waals surface area contributed by atoms with E-state index in [0.29, 0.717) is 6.04 Å². The van der Waals surface area contributed by atoms with Crippen molar-refractivity contribution < 1.29 is 4.84 Å². The molecule has 2 rings (SSSR count). The summed E-state index contributed by atoms with van der Waals surface area (Å²) in [7, 11) is 0. The van der Waals surface area contributed by atoms with E-state index in [1.54, 1.807) is 0 Å². The Hall–Kier alpha value is -0.120. The maximum absolute atomic E-state index is 5.06. The maximum Gasteiger partial charge on any atom is 0.0834 e. The van der Waals surface area contributed by atoms with Crippen molar-refractivity contribution in [1.82, 2.24) is 4.90 Å². The van der Waals surface area contributed by atoms with E-state index in [1.807, 2.05) is 0 Å². The Bertz CT molecular complexity index is 136. The molecule has 0 radical (unpaired) electrons. The summed E-state index contributed by atoms with van der Waals surface area (Å²) in [6.45, 7) is 1.98. The predicted octanol–water partition coefficient (Wildman–Crippen LogP) is 0.503. The van der Waals surface area contributed by atoms with Gasteiger partial charge in [-0.25, -0.2) is 5.90 Å². The number of hydrogen-bond donors (Lipinski definition) is 1. The van der Waals surface area contributed by atoms with Crippen molar-refractivity contribution in [2.75, 3.05) is 13.2 Å². The Labute approximate surface area is 67.4 Å². The first kappa shape index (κ1) is 7.53. The molecule has 0 spiro atoms. The molecule has 0 aromatic heterocycles. The molecule has 3 heteroatoms. The molecule has 1 atom stereocenters. The van der Waals surface area contributed by atoms with Gasteiger partial charge in [0, 0.05) is 12.1 Å². The summed E-state index contributed by atoms with van der Waals surface area (Å²) in [5.74, 6) is 5.06. The van der Waals surface area contributed by atoms with E-state index in [1.165, 1.54) is 32.2 Å². The van der Waals surface area contributed by atoms with Gasteiger partial charge in [0.1, 0.15) is 0 Å². The zero-order chi connectivity index (χ0) is 7.68. The van der Waals surface area contributed by atoms with Crippen LogP contribution in [-0.4, -0.2) is 30.1 Å². The minimum absolute atomic E-state index is 0.618. The molecule has 64 valence electrons. The Balaban J connectivity index is 1.85. The molecule has 0 aromatic carbocycles. The van der Waals surface area contributed by atoms with Crippen molar-refractivity contribution in [2.24, 2.45) is 5.90 Å². The molecule has 1 aliphatic carbocycles. The predicted molar refractivity (Wildman–Crippen MR) is 42.9 cm³/mol. The summed E-state index contributed by atoms with van der Waals surface area (Å²) < 4.78 is 0. The minimum atomic E-state index is 0.618. The van der Waals surface area contributed by atoms with Crippen LogP contribution in [0.2, 0.25) is 0 Å². The van der Waals surface area contributed by atoms with Gasteiger partial charge in [-0.3, -0.25) is 4.90 Å². The number of rotatable bonds is 3. The van der Waals surface area contributed by atoms with Crippen LogP contribution in [0.4, 0.5) is 0 Å². The van der Waals surface area contributed by atoms with E-state index in [0.717, 1.165) is 12.6 Å². The molecule has 0 amide bonds. The van der Waals surface area contributed by atoms with Gasteiger partial charge in [0.05, 0.1) is 6.61 Å². The second-order valence-electron chi connectivity index (χ2n) is 3.60. The van der Waals surface area contributed by atoms with Crippen LogP contribution in [0.1, 0.15) is 25.7 Å². The molecule has 3 nitrogen and oxygen atoms in total. The lowest BCUT2D eigenvalue weighted by atomic mass is 10.2. The smallest absolute Gasteiger partial charge is 0.0834 e. The maximum atomic E-state index is 5.06. The van der Waals surface area contributed by atoms with E-state index >= 15 is 0 Å². The fraction of sp³-hybridized carbons (Fsp3) is 1.00. The largest absolute Gasteiger partial charge is 0.303 e. The van der Waals surface area contributed by atoms with E-state index in [4.69, 9.17) is 10.7 Å².